The summed E-state index contributed by atoms with van der Waals surface area (Å²) in [6, 6.07) is 6.38. The third-order valence-corrected chi connectivity index (χ3v) is 4.84. The third-order valence-electron chi connectivity index (χ3n) is 2.50. The van der Waals surface area contributed by atoms with E-state index in [-0.39, 0.29) is 17.0 Å². The lowest BCUT2D eigenvalue weighted by atomic mass is 10.2. The Morgan fingerprint density at radius 1 is 1.22 bits per heavy atom. The van der Waals surface area contributed by atoms with E-state index in [0.717, 1.165) is 0 Å². The Labute approximate surface area is 121 Å². The lowest BCUT2D eigenvalue weighted by Crippen LogP contribution is -3.00. The minimum atomic E-state index is -4.21. The van der Waals surface area contributed by atoms with Gasteiger partial charge >= 0.3 is 5.51 Å². The molecule has 0 spiro atoms. The van der Waals surface area contributed by atoms with E-state index in [1.807, 2.05) is 6.92 Å². The molecule has 1 aromatic heterocycles. The Hall–Kier alpha value is -0.260. The van der Waals surface area contributed by atoms with E-state index in [1.54, 1.807) is 18.2 Å². The first kappa shape index (κ1) is 15.8. The van der Waals surface area contributed by atoms with Crippen molar-refractivity contribution in [2.75, 3.05) is 0 Å². The van der Waals surface area contributed by atoms with Crippen molar-refractivity contribution in [3.63, 3.8) is 0 Å². The lowest BCUT2D eigenvalue weighted by molar-refractivity contribution is -0.0867. The summed E-state index contributed by atoms with van der Waals surface area (Å²) in [5.74, 6) is 0. The molecule has 1 aromatic carbocycles. The van der Waals surface area contributed by atoms with Gasteiger partial charge in [0.2, 0.25) is 0 Å². The third kappa shape index (κ3) is 3.00. The van der Waals surface area contributed by atoms with Gasteiger partial charge in [0.1, 0.15) is 0 Å². The summed E-state index contributed by atoms with van der Waals surface area (Å²) in [7, 11) is -1.79. The van der Waals surface area contributed by atoms with Crippen LogP contribution in [0.3, 0.4) is 0 Å². The molecule has 1 unspecified atom stereocenters. The van der Waals surface area contributed by atoms with Crippen molar-refractivity contribution in [1.29, 1.82) is 0 Å². The molecule has 0 fully saturated rings. The maximum atomic E-state index is 13.1. The summed E-state index contributed by atoms with van der Waals surface area (Å²) in [4.78, 5) is 0.470. The number of alkyl halides is 3. The van der Waals surface area contributed by atoms with Gasteiger partial charge in [-0.2, -0.15) is 0 Å². The van der Waals surface area contributed by atoms with Crippen LogP contribution >= 0.6 is 22.1 Å². The van der Waals surface area contributed by atoms with Crippen molar-refractivity contribution >= 4 is 32.2 Å². The van der Waals surface area contributed by atoms with Crippen molar-refractivity contribution in [3.05, 3.63) is 34.2 Å². The first-order valence-electron chi connectivity index (χ1n) is 5.24. The van der Waals surface area contributed by atoms with Gasteiger partial charge in [0.15, 0.2) is 9.58 Å². The summed E-state index contributed by atoms with van der Waals surface area (Å²) in [6.07, 6.45) is 1.20. The number of aryl methyl sites for hydroxylation is 1. The van der Waals surface area contributed by atoms with Crippen molar-refractivity contribution in [1.82, 2.24) is 0 Å². The SMILES string of the molecule is CCCc1cc2ccc(Cl)cc2[s+]1C(F)(F)F.[Br-]. The quantitative estimate of drug-likeness (QED) is 0.723. The number of hydrogen-bond acceptors (Lipinski definition) is 0. The summed E-state index contributed by atoms with van der Waals surface area (Å²) < 4.78 is 39.5. The minimum Gasteiger partial charge on any atom is -1.00 e. The summed E-state index contributed by atoms with van der Waals surface area (Å²) in [5.41, 5.74) is -4.21. The second-order valence-electron chi connectivity index (χ2n) is 3.79. The number of thiophene rings is 1. The Kier molecular flexibility index (Phi) is 5.09. The predicted molar refractivity (Wildman–Crippen MR) is 66.7 cm³/mol. The Bertz CT molecular complexity index is 548. The van der Waals surface area contributed by atoms with E-state index >= 15 is 0 Å². The van der Waals surface area contributed by atoms with Crippen molar-refractivity contribution < 1.29 is 30.2 Å². The number of fused-ring (bicyclic) bond motifs is 1. The van der Waals surface area contributed by atoms with E-state index in [9.17, 15) is 13.2 Å². The Morgan fingerprint density at radius 3 is 2.44 bits per heavy atom. The molecule has 0 N–H and O–H groups in total. The molecule has 0 radical (unpaired) electrons. The molecule has 2 rings (SSSR count). The van der Waals surface area contributed by atoms with E-state index < -0.39 is 16.0 Å². The highest BCUT2D eigenvalue weighted by molar-refractivity contribution is 7.38. The fourth-order valence-corrected chi connectivity index (χ4v) is 4.20. The predicted octanol–water partition coefficient (Wildman–Crippen LogP) is 2.68. The van der Waals surface area contributed by atoms with Crippen LogP contribution in [0.1, 0.15) is 18.2 Å². The van der Waals surface area contributed by atoms with Crippen molar-refractivity contribution in [2.45, 2.75) is 25.3 Å². The standard InChI is InChI=1S/C12H11ClF3S.BrH/c1-2-3-10-6-8-4-5-9(13)7-11(8)17(10)12(14,15)16;/h4-7H,2-3H2,1H3;1H/q+1;/p-1. The van der Waals surface area contributed by atoms with Gasteiger partial charge in [-0.05, 0) is 18.6 Å². The second-order valence-corrected chi connectivity index (χ2v) is 6.27. The van der Waals surface area contributed by atoms with E-state index in [2.05, 4.69) is 0 Å². The molecule has 1 atom stereocenters. The molecule has 0 bridgehead atoms. The molecule has 18 heavy (non-hydrogen) atoms. The van der Waals surface area contributed by atoms with Crippen LogP contribution in [0.4, 0.5) is 13.2 Å². The summed E-state index contributed by atoms with van der Waals surface area (Å²) >= 11 is 5.78. The van der Waals surface area contributed by atoms with Crippen LogP contribution in [0, 0.1) is 0 Å². The van der Waals surface area contributed by atoms with Gasteiger partial charge < -0.3 is 17.0 Å². The topological polar surface area (TPSA) is 0 Å². The number of benzene rings is 1. The first-order chi connectivity index (χ1) is 7.93. The Balaban J connectivity index is 0.00000162. The normalized spacial score (nSPS) is 12.6. The van der Waals surface area contributed by atoms with Crippen LogP contribution in [-0.4, -0.2) is 0 Å². The van der Waals surface area contributed by atoms with Gasteiger partial charge in [0.25, 0.3) is 0 Å². The lowest BCUT2D eigenvalue weighted by Gasteiger charge is -1.99. The first-order valence-corrected chi connectivity index (χ1v) is 6.85. The highest BCUT2D eigenvalue weighted by Gasteiger charge is 2.47. The smallest absolute Gasteiger partial charge is 0.600 e. The molecule has 1 heterocycles. The number of rotatable bonds is 2. The van der Waals surface area contributed by atoms with Gasteiger partial charge in [-0.15, -0.1) is 13.2 Å². The van der Waals surface area contributed by atoms with Crippen LogP contribution in [0.15, 0.2) is 24.3 Å². The zero-order valence-electron chi connectivity index (χ0n) is 9.52. The number of hydrogen-bond donors (Lipinski definition) is 0. The molecule has 100 valence electrons. The summed E-state index contributed by atoms with van der Waals surface area (Å²) in [5, 5.41) is 1.01. The highest BCUT2D eigenvalue weighted by Crippen LogP contribution is 2.51. The van der Waals surface area contributed by atoms with Gasteiger partial charge in [0.05, 0.1) is 10.5 Å². The molecular formula is C12H11BrClF3S. The van der Waals surface area contributed by atoms with Crippen molar-refractivity contribution in [3.8, 4) is 0 Å². The molecule has 0 aliphatic rings. The van der Waals surface area contributed by atoms with Gasteiger partial charge in [-0.25, -0.2) is 0 Å². The molecular weight excluding hydrogens is 349 g/mol. The molecule has 0 saturated carbocycles. The van der Waals surface area contributed by atoms with Crippen LogP contribution in [0.2, 0.25) is 5.02 Å². The fourth-order valence-electron chi connectivity index (χ4n) is 1.87. The molecule has 0 aliphatic carbocycles. The van der Waals surface area contributed by atoms with E-state index in [4.69, 9.17) is 11.6 Å². The van der Waals surface area contributed by atoms with Crippen LogP contribution in [0.5, 0.6) is 0 Å². The largest absolute Gasteiger partial charge is 1.00 e. The average Bonchev–Trinajstić information content (AvgIpc) is 2.54. The maximum Gasteiger partial charge on any atom is 0.600 e. The molecule has 6 heteroatoms. The zero-order chi connectivity index (χ0) is 12.6. The molecule has 0 saturated heterocycles. The van der Waals surface area contributed by atoms with Crippen LogP contribution in [-0.2, 0) is 11.9 Å². The monoisotopic (exact) mass is 358 g/mol. The molecule has 0 nitrogen and oxygen atoms in total. The van der Waals surface area contributed by atoms with E-state index in [0.29, 0.717) is 32.8 Å². The second kappa shape index (κ2) is 5.80. The average molecular weight is 360 g/mol. The van der Waals surface area contributed by atoms with Crippen LogP contribution in [0.25, 0.3) is 10.1 Å². The molecule has 0 amide bonds. The summed E-state index contributed by atoms with van der Waals surface area (Å²) in [6.45, 7) is 1.88. The van der Waals surface area contributed by atoms with Gasteiger partial charge in [-0.3, -0.25) is 0 Å². The minimum absolute atomic E-state index is 0. The highest BCUT2D eigenvalue weighted by atomic mass is 79.9. The zero-order valence-corrected chi connectivity index (χ0v) is 12.7. The van der Waals surface area contributed by atoms with Crippen LogP contribution < -0.4 is 17.0 Å². The maximum absolute atomic E-state index is 13.1. The Morgan fingerprint density at radius 2 is 1.89 bits per heavy atom. The van der Waals surface area contributed by atoms with E-state index in [1.165, 1.54) is 6.07 Å². The van der Waals surface area contributed by atoms with Crippen molar-refractivity contribution in [2.24, 2.45) is 0 Å². The van der Waals surface area contributed by atoms with Gasteiger partial charge in [-0.1, -0.05) is 18.5 Å². The van der Waals surface area contributed by atoms with Gasteiger partial charge in [0, 0.05) is 29.0 Å². The number of halogens is 5. The molecule has 0 aliphatic heterocycles. The molecule has 2 aromatic rings. The fraction of sp³-hybridized carbons (Fsp3) is 0.333.